The molecule has 3 rings (SSSR count). The summed E-state index contributed by atoms with van der Waals surface area (Å²) in [6.07, 6.45) is 2.52. The fourth-order valence-electron chi connectivity index (χ4n) is 2.21. The Labute approximate surface area is 128 Å². The number of rotatable bonds is 3. The van der Waals surface area contributed by atoms with E-state index in [0.29, 0.717) is 6.54 Å². The van der Waals surface area contributed by atoms with Crippen LogP contribution >= 0.6 is 0 Å². The van der Waals surface area contributed by atoms with Crippen LogP contribution in [0.4, 0.5) is 5.69 Å². The number of carbonyl (C=O) groups is 1. The maximum absolute atomic E-state index is 11.0. The van der Waals surface area contributed by atoms with Gasteiger partial charge in [0, 0.05) is 19.2 Å². The first kappa shape index (κ1) is 14.0. The summed E-state index contributed by atoms with van der Waals surface area (Å²) in [5.74, 6) is -0.197. The Hall–Kier alpha value is -2.95. The van der Waals surface area contributed by atoms with Crippen LogP contribution in [-0.4, -0.2) is 29.7 Å². The maximum Gasteiger partial charge on any atom is 0.335 e. The molecule has 1 heterocycles. The van der Waals surface area contributed by atoms with Crippen molar-refractivity contribution in [3.05, 3.63) is 65.7 Å². The standard InChI is InChI=1S/C17H15N3O2/c21-17(22)14-7-4-8-15(11-14)20-10-9-16(19-20)18-12-13-5-2-1-3-6-13/h1-8,11-12H,9-10H2,(H,21,22). The van der Waals surface area contributed by atoms with E-state index in [4.69, 9.17) is 5.11 Å². The molecule has 1 aliphatic heterocycles. The van der Waals surface area contributed by atoms with Crippen LogP contribution in [0.15, 0.2) is 64.7 Å². The highest BCUT2D eigenvalue weighted by molar-refractivity contribution is 5.96. The molecular formula is C17H15N3O2. The average Bonchev–Trinajstić information content (AvgIpc) is 3.03. The van der Waals surface area contributed by atoms with Crippen LogP contribution in [0.1, 0.15) is 22.3 Å². The maximum atomic E-state index is 11.0. The molecule has 0 atom stereocenters. The molecule has 0 aromatic heterocycles. The minimum Gasteiger partial charge on any atom is -0.478 e. The van der Waals surface area contributed by atoms with Crippen LogP contribution in [0.5, 0.6) is 0 Å². The van der Waals surface area contributed by atoms with Gasteiger partial charge in [0.05, 0.1) is 11.3 Å². The highest BCUT2D eigenvalue weighted by Crippen LogP contribution is 2.21. The summed E-state index contributed by atoms with van der Waals surface area (Å²) in [5.41, 5.74) is 2.05. The molecule has 0 amide bonds. The van der Waals surface area contributed by atoms with E-state index in [2.05, 4.69) is 10.1 Å². The van der Waals surface area contributed by atoms with Crippen molar-refractivity contribution in [3.63, 3.8) is 0 Å². The van der Waals surface area contributed by atoms with Gasteiger partial charge < -0.3 is 5.11 Å². The third-order valence-corrected chi connectivity index (χ3v) is 3.34. The second-order valence-electron chi connectivity index (χ2n) is 4.91. The number of benzene rings is 2. The van der Waals surface area contributed by atoms with Crippen molar-refractivity contribution in [2.24, 2.45) is 10.1 Å². The van der Waals surface area contributed by atoms with Gasteiger partial charge in [-0.25, -0.2) is 9.79 Å². The zero-order valence-corrected chi connectivity index (χ0v) is 11.9. The Kier molecular flexibility index (Phi) is 3.96. The molecule has 0 saturated carbocycles. The number of hydrazone groups is 1. The third-order valence-electron chi connectivity index (χ3n) is 3.34. The molecule has 2 aromatic rings. The van der Waals surface area contributed by atoms with Gasteiger partial charge >= 0.3 is 5.97 Å². The van der Waals surface area contributed by atoms with Crippen LogP contribution in [0.25, 0.3) is 0 Å². The van der Waals surface area contributed by atoms with Crippen LogP contribution in [0.2, 0.25) is 0 Å². The van der Waals surface area contributed by atoms with Crippen LogP contribution < -0.4 is 5.01 Å². The summed E-state index contributed by atoms with van der Waals surface area (Å²) >= 11 is 0. The third kappa shape index (κ3) is 3.20. The lowest BCUT2D eigenvalue weighted by Crippen LogP contribution is -2.12. The molecule has 0 radical (unpaired) electrons. The predicted octanol–water partition coefficient (Wildman–Crippen LogP) is 3.03. The molecule has 5 heteroatoms. The number of amidine groups is 1. The molecule has 0 fully saturated rings. The molecule has 5 nitrogen and oxygen atoms in total. The average molecular weight is 293 g/mol. The number of hydrogen-bond acceptors (Lipinski definition) is 4. The number of aromatic carboxylic acids is 1. The minimum absolute atomic E-state index is 0.258. The van der Waals surface area contributed by atoms with E-state index >= 15 is 0 Å². The smallest absolute Gasteiger partial charge is 0.335 e. The van der Waals surface area contributed by atoms with Crippen LogP contribution in [0.3, 0.4) is 0 Å². The Morgan fingerprint density at radius 3 is 2.77 bits per heavy atom. The number of hydrogen-bond donors (Lipinski definition) is 1. The molecular weight excluding hydrogens is 278 g/mol. The Balaban J connectivity index is 1.75. The van der Waals surface area contributed by atoms with Gasteiger partial charge in [0.15, 0.2) is 5.84 Å². The lowest BCUT2D eigenvalue weighted by Gasteiger charge is -2.13. The minimum atomic E-state index is -0.938. The quantitative estimate of drug-likeness (QED) is 0.885. The normalized spacial score (nSPS) is 14.4. The van der Waals surface area contributed by atoms with E-state index in [9.17, 15) is 4.79 Å². The zero-order chi connectivity index (χ0) is 15.4. The van der Waals surface area contributed by atoms with E-state index in [0.717, 1.165) is 23.5 Å². The highest BCUT2D eigenvalue weighted by Gasteiger charge is 2.16. The van der Waals surface area contributed by atoms with Gasteiger partial charge in [-0.2, -0.15) is 5.10 Å². The summed E-state index contributed by atoms with van der Waals surface area (Å²) in [7, 11) is 0. The van der Waals surface area contributed by atoms with Crippen molar-refractivity contribution in [3.8, 4) is 0 Å². The Morgan fingerprint density at radius 1 is 1.18 bits per heavy atom. The number of carboxylic acids is 1. The van der Waals surface area contributed by atoms with E-state index < -0.39 is 5.97 Å². The monoisotopic (exact) mass is 293 g/mol. The zero-order valence-electron chi connectivity index (χ0n) is 11.9. The topological polar surface area (TPSA) is 65.3 Å². The van der Waals surface area contributed by atoms with Crippen molar-refractivity contribution in [2.45, 2.75) is 6.42 Å². The molecule has 0 saturated heterocycles. The fourth-order valence-corrected chi connectivity index (χ4v) is 2.21. The highest BCUT2D eigenvalue weighted by atomic mass is 16.4. The van der Waals surface area contributed by atoms with Crippen molar-refractivity contribution < 1.29 is 9.90 Å². The summed E-state index contributed by atoms with van der Waals surface area (Å²) in [5, 5.41) is 15.3. The fraction of sp³-hybridized carbons (Fsp3) is 0.118. The van der Waals surface area contributed by atoms with Crippen LogP contribution in [0, 0.1) is 0 Å². The van der Waals surface area contributed by atoms with E-state index in [1.807, 2.05) is 36.4 Å². The molecule has 0 unspecified atom stereocenters. The number of aliphatic imine (C=N–C) groups is 1. The van der Waals surface area contributed by atoms with Crippen molar-refractivity contribution in [2.75, 3.05) is 11.6 Å². The summed E-state index contributed by atoms with van der Waals surface area (Å²) in [4.78, 5) is 15.4. The predicted molar refractivity (Wildman–Crippen MR) is 86.8 cm³/mol. The van der Waals surface area contributed by atoms with Gasteiger partial charge in [-0.05, 0) is 23.8 Å². The molecule has 1 aliphatic rings. The summed E-state index contributed by atoms with van der Waals surface area (Å²) < 4.78 is 0. The molecule has 110 valence electrons. The van der Waals surface area contributed by atoms with Gasteiger partial charge in [-0.3, -0.25) is 5.01 Å². The largest absolute Gasteiger partial charge is 0.478 e. The van der Waals surface area contributed by atoms with Crippen molar-refractivity contribution in [1.29, 1.82) is 0 Å². The number of nitrogens with zero attached hydrogens (tertiary/aromatic N) is 3. The molecule has 1 N–H and O–H groups in total. The second-order valence-corrected chi connectivity index (χ2v) is 4.91. The Bertz CT molecular complexity index is 739. The molecule has 22 heavy (non-hydrogen) atoms. The summed E-state index contributed by atoms with van der Waals surface area (Å²) in [6.45, 7) is 0.699. The van der Waals surface area contributed by atoms with E-state index in [1.54, 1.807) is 29.4 Å². The Morgan fingerprint density at radius 2 is 2.00 bits per heavy atom. The van der Waals surface area contributed by atoms with Gasteiger partial charge in [0.2, 0.25) is 0 Å². The van der Waals surface area contributed by atoms with Gasteiger partial charge in [-0.15, -0.1) is 0 Å². The van der Waals surface area contributed by atoms with Crippen LogP contribution in [-0.2, 0) is 0 Å². The van der Waals surface area contributed by atoms with E-state index in [-0.39, 0.29) is 5.56 Å². The number of anilines is 1. The molecule has 0 spiro atoms. The SMILES string of the molecule is O=C(O)c1cccc(N2CCC(N=Cc3ccccc3)=N2)c1. The first-order chi connectivity index (χ1) is 10.7. The lowest BCUT2D eigenvalue weighted by molar-refractivity contribution is 0.0697. The van der Waals surface area contributed by atoms with E-state index in [1.165, 1.54) is 0 Å². The van der Waals surface area contributed by atoms with Crippen molar-refractivity contribution >= 4 is 23.7 Å². The number of carboxylic acid groups (broad SMARTS) is 1. The van der Waals surface area contributed by atoms with Crippen molar-refractivity contribution in [1.82, 2.24) is 0 Å². The molecule has 2 aromatic carbocycles. The van der Waals surface area contributed by atoms with Gasteiger partial charge in [0.25, 0.3) is 0 Å². The first-order valence-electron chi connectivity index (χ1n) is 7.00. The molecule has 0 bridgehead atoms. The lowest BCUT2D eigenvalue weighted by atomic mass is 10.2. The summed E-state index contributed by atoms with van der Waals surface area (Å²) in [6, 6.07) is 16.6. The van der Waals surface area contributed by atoms with Gasteiger partial charge in [0.1, 0.15) is 0 Å². The second kappa shape index (κ2) is 6.22. The first-order valence-corrected chi connectivity index (χ1v) is 7.00. The molecule has 0 aliphatic carbocycles. The van der Waals surface area contributed by atoms with Gasteiger partial charge in [-0.1, -0.05) is 36.4 Å².